The van der Waals surface area contributed by atoms with Gasteiger partial charge in [0.2, 0.25) is 0 Å². The average molecular weight is 260 g/mol. The van der Waals surface area contributed by atoms with Crippen molar-refractivity contribution in [3.05, 3.63) is 35.4 Å². The molecule has 0 saturated carbocycles. The Morgan fingerprint density at radius 1 is 1.32 bits per heavy atom. The van der Waals surface area contributed by atoms with Gasteiger partial charge in [0.05, 0.1) is 0 Å². The van der Waals surface area contributed by atoms with Crippen LogP contribution in [0.3, 0.4) is 0 Å². The summed E-state index contributed by atoms with van der Waals surface area (Å²) in [6.07, 6.45) is 1.36. The van der Waals surface area contributed by atoms with Crippen molar-refractivity contribution in [3.63, 3.8) is 0 Å². The third-order valence-corrected chi connectivity index (χ3v) is 4.16. The van der Waals surface area contributed by atoms with Gasteiger partial charge in [0.25, 0.3) is 0 Å². The van der Waals surface area contributed by atoms with Crippen LogP contribution in [-0.4, -0.2) is 31.1 Å². The van der Waals surface area contributed by atoms with E-state index < -0.39 is 0 Å². The molecule has 2 heteroatoms. The van der Waals surface area contributed by atoms with Crippen molar-refractivity contribution in [1.29, 1.82) is 0 Å². The van der Waals surface area contributed by atoms with Crippen LogP contribution >= 0.6 is 0 Å². The molecule has 0 bridgehead atoms. The molecule has 1 N–H and O–H groups in total. The summed E-state index contributed by atoms with van der Waals surface area (Å²) >= 11 is 0. The largest absolute Gasteiger partial charge is 0.316 e. The van der Waals surface area contributed by atoms with Gasteiger partial charge in [-0.1, -0.05) is 45.0 Å². The molecule has 1 aromatic carbocycles. The van der Waals surface area contributed by atoms with Crippen molar-refractivity contribution in [1.82, 2.24) is 10.2 Å². The topological polar surface area (TPSA) is 15.3 Å². The van der Waals surface area contributed by atoms with E-state index in [2.05, 4.69) is 55.3 Å². The van der Waals surface area contributed by atoms with E-state index in [0.29, 0.717) is 5.92 Å². The number of nitrogens with one attached hydrogen (secondary N) is 1. The van der Waals surface area contributed by atoms with Crippen molar-refractivity contribution in [2.45, 2.75) is 39.7 Å². The first-order valence-electron chi connectivity index (χ1n) is 7.71. The van der Waals surface area contributed by atoms with Gasteiger partial charge >= 0.3 is 0 Å². The zero-order chi connectivity index (χ0) is 13.7. The Labute approximate surface area is 118 Å². The Kier molecular flexibility index (Phi) is 5.41. The molecule has 2 nitrogen and oxygen atoms in total. The molecule has 1 aliphatic rings. The summed E-state index contributed by atoms with van der Waals surface area (Å²) in [6.45, 7) is 12.6. The lowest BCUT2D eigenvalue weighted by Crippen LogP contribution is -2.20. The van der Waals surface area contributed by atoms with E-state index in [1.807, 2.05) is 0 Å². The van der Waals surface area contributed by atoms with Crippen molar-refractivity contribution < 1.29 is 0 Å². The third kappa shape index (κ3) is 4.32. The van der Waals surface area contributed by atoms with Crippen LogP contribution in [0, 0.1) is 5.92 Å². The monoisotopic (exact) mass is 260 g/mol. The molecule has 1 aromatic rings. The van der Waals surface area contributed by atoms with Crippen molar-refractivity contribution in [2.75, 3.05) is 26.2 Å². The molecule has 0 radical (unpaired) electrons. The van der Waals surface area contributed by atoms with Crippen LogP contribution in [-0.2, 0) is 6.54 Å². The van der Waals surface area contributed by atoms with Crippen molar-refractivity contribution in [3.8, 4) is 0 Å². The van der Waals surface area contributed by atoms with Crippen LogP contribution < -0.4 is 5.32 Å². The summed E-state index contributed by atoms with van der Waals surface area (Å²) in [5.41, 5.74) is 2.90. The SMILES string of the molecule is CCNCC(C)c1ccc(CN2CCC(C)C2)cc1. The fourth-order valence-electron chi connectivity index (χ4n) is 2.86. The Hall–Kier alpha value is -0.860. The first-order chi connectivity index (χ1) is 9.19. The lowest BCUT2D eigenvalue weighted by Gasteiger charge is -2.17. The van der Waals surface area contributed by atoms with E-state index in [4.69, 9.17) is 0 Å². The quantitative estimate of drug-likeness (QED) is 0.844. The fraction of sp³-hybridized carbons (Fsp3) is 0.647. The molecule has 0 spiro atoms. The Balaban J connectivity index is 1.87. The molecular formula is C17H28N2. The standard InChI is InChI=1S/C17H28N2/c1-4-18-11-15(3)17-7-5-16(6-8-17)13-19-10-9-14(2)12-19/h5-8,14-15,18H,4,9-13H2,1-3H3. The number of rotatable bonds is 6. The summed E-state index contributed by atoms with van der Waals surface area (Å²) < 4.78 is 0. The molecular weight excluding hydrogens is 232 g/mol. The average Bonchev–Trinajstić information content (AvgIpc) is 2.82. The van der Waals surface area contributed by atoms with Gasteiger partial charge in [0.15, 0.2) is 0 Å². The predicted octanol–water partition coefficient (Wildman–Crippen LogP) is 3.24. The zero-order valence-electron chi connectivity index (χ0n) is 12.7. The Bertz CT molecular complexity index is 371. The minimum Gasteiger partial charge on any atom is -0.316 e. The summed E-state index contributed by atoms with van der Waals surface area (Å²) in [7, 11) is 0. The Morgan fingerprint density at radius 2 is 2.05 bits per heavy atom. The molecule has 2 atom stereocenters. The van der Waals surface area contributed by atoms with Gasteiger partial charge in [-0.05, 0) is 42.5 Å². The minimum atomic E-state index is 0.598. The number of hydrogen-bond acceptors (Lipinski definition) is 2. The maximum absolute atomic E-state index is 3.42. The van der Waals surface area contributed by atoms with E-state index in [9.17, 15) is 0 Å². The highest BCUT2D eigenvalue weighted by atomic mass is 15.1. The summed E-state index contributed by atoms with van der Waals surface area (Å²) in [5.74, 6) is 1.47. The lowest BCUT2D eigenvalue weighted by atomic mass is 9.99. The summed E-state index contributed by atoms with van der Waals surface area (Å²) in [6, 6.07) is 9.22. The molecule has 19 heavy (non-hydrogen) atoms. The van der Waals surface area contributed by atoms with E-state index in [1.54, 1.807) is 0 Å². The van der Waals surface area contributed by atoms with E-state index >= 15 is 0 Å². The molecule has 1 heterocycles. The molecule has 2 rings (SSSR count). The highest BCUT2D eigenvalue weighted by molar-refractivity contribution is 5.25. The van der Waals surface area contributed by atoms with Crippen molar-refractivity contribution >= 4 is 0 Å². The van der Waals surface area contributed by atoms with Crippen molar-refractivity contribution in [2.24, 2.45) is 5.92 Å². The van der Waals surface area contributed by atoms with Crippen LogP contribution in [0.5, 0.6) is 0 Å². The smallest absolute Gasteiger partial charge is 0.0233 e. The van der Waals surface area contributed by atoms with Gasteiger partial charge in [0.1, 0.15) is 0 Å². The summed E-state index contributed by atoms with van der Waals surface area (Å²) in [4.78, 5) is 2.57. The van der Waals surface area contributed by atoms with E-state index in [1.165, 1.54) is 30.6 Å². The summed E-state index contributed by atoms with van der Waals surface area (Å²) in [5, 5.41) is 3.42. The first kappa shape index (κ1) is 14.5. The van der Waals surface area contributed by atoms with Crippen LogP contribution in [0.15, 0.2) is 24.3 Å². The number of benzene rings is 1. The lowest BCUT2D eigenvalue weighted by molar-refractivity contribution is 0.320. The number of hydrogen-bond donors (Lipinski definition) is 1. The van der Waals surface area contributed by atoms with E-state index in [-0.39, 0.29) is 0 Å². The molecule has 0 amide bonds. The van der Waals surface area contributed by atoms with Crippen LogP contribution in [0.1, 0.15) is 44.2 Å². The van der Waals surface area contributed by atoms with Gasteiger partial charge in [0, 0.05) is 19.6 Å². The molecule has 2 unspecified atom stereocenters. The van der Waals surface area contributed by atoms with Crippen LogP contribution in [0.2, 0.25) is 0 Å². The third-order valence-electron chi connectivity index (χ3n) is 4.16. The van der Waals surface area contributed by atoms with Crippen LogP contribution in [0.4, 0.5) is 0 Å². The highest BCUT2D eigenvalue weighted by Crippen LogP contribution is 2.19. The second-order valence-corrected chi connectivity index (χ2v) is 6.08. The number of nitrogens with zero attached hydrogens (tertiary/aromatic N) is 1. The Morgan fingerprint density at radius 3 is 2.63 bits per heavy atom. The maximum Gasteiger partial charge on any atom is 0.0233 e. The van der Waals surface area contributed by atoms with Gasteiger partial charge in [-0.15, -0.1) is 0 Å². The van der Waals surface area contributed by atoms with Gasteiger partial charge < -0.3 is 5.32 Å². The van der Waals surface area contributed by atoms with Gasteiger partial charge in [-0.2, -0.15) is 0 Å². The van der Waals surface area contributed by atoms with Gasteiger partial charge in [-0.25, -0.2) is 0 Å². The normalized spacial score (nSPS) is 21.7. The maximum atomic E-state index is 3.42. The number of likely N-dealkylation sites (N-methyl/N-ethyl adjacent to an activating group) is 1. The zero-order valence-corrected chi connectivity index (χ0v) is 12.7. The molecule has 1 aliphatic heterocycles. The number of likely N-dealkylation sites (tertiary alicyclic amines) is 1. The second kappa shape index (κ2) is 7.06. The molecule has 1 saturated heterocycles. The molecule has 0 aromatic heterocycles. The minimum absolute atomic E-state index is 0.598. The molecule has 1 fully saturated rings. The second-order valence-electron chi connectivity index (χ2n) is 6.08. The molecule has 0 aliphatic carbocycles. The van der Waals surface area contributed by atoms with Gasteiger partial charge in [-0.3, -0.25) is 4.90 Å². The molecule has 106 valence electrons. The highest BCUT2D eigenvalue weighted by Gasteiger charge is 2.18. The first-order valence-corrected chi connectivity index (χ1v) is 7.71. The van der Waals surface area contributed by atoms with E-state index in [0.717, 1.165) is 25.6 Å². The predicted molar refractivity (Wildman–Crippen MR) is 82.5 cm³/mol. The fourth-order valence-corrected chi connectivity index (χ4v) is 2.86. The van der Waals surface area contributed by atoms with Crippen LogP contribution in [0.25, 0.3) is 0 Å².